The predicted molar refractivity (Wildman–Crippen MR) is 48.1 cm³/mol. The van der Waals surface area contributed by atoms with Gasteiger partial charge in [0.25, 0.3) is 0 Å². The summed E-state index contributed by atoms with van der Waals surface area (Å²) in [5.41, 5.74) is 7.72. The molecule has 0 radical (unpaired) electrons. The Morgan fingerprint density at radius 3 is 2.92 bits per heavy atom. The van der Waals surface area contributed by atoms with E-state index in [1.54, 1.807) is 0 Å². The maximum absolute atomic E-state index is 12.9. The van der Waals surface area contributed by atoms with Crippen LogP contribution in [0.4, 0.5) is 4.39 Å². The second kappa shape index (κ2) is 3.00. The van der Waals surface area contributed by atoms with Gasteiger partial charge >= 0.3 is 0 Å². The van der Waals surface area contributed by atoms with Gasteiger partial charge in [-0.25, -0.2) is 4.39 Å². The van der Waals surface area contributed by atoms with Crippen molar-refractivity contribution in [1.29, 1.82) is 0 Å². The summed E-state index contributed by atoms with van der Waals surface area (Å²) < 4.78 is 12.9. The molecule has 70 valence electrons. The number of nitrogens with two attached hydrogens (primary N) is 1. The highest BCUT2D eigenvalue weighted by molar-refractivity contribution is 5.38. The topological polar surface area (TPSA) is 46.2 Å². The van der Waals surface area contributed by atoms with Gasteiger partial charge in [0.1, 0.15) is 0 Å². The van der Waals surface area contributed by atoms with Crippen molar-refractivity contribution in [3.05, 3.63) is 29.1 Å². The number of phenolic OH excluding ortho intramolecular Hbond substituents is 1. The van der Waals surface area contributed by atoms with Gasteiger partial charge in [0.15, 0.2) is 11.6 Å². The van der Waals surface area contributed by atoms with Gasteiger partial charge < -0.3 is 10.8 Å². The lowest BCUT2D eigenvalue weighted by Gasteiger charge is -2.21. The second-order valence-corrected chi connectivity index (χ2v) is 3.58. The fraction of sp³-hybridized carbons (Fsp3) is 0.400. The van der Waals surface area contributed by atoms with E-state index in [1.807, 2.05) is 0 Å². The second-order valence-electron chi connectivity index (χ2n) is 3.58. The van der Waals surface area contributed by atoms with Crippen LogP contribution in [0.5, 0.6) is 5.75 Å². The molecule has 1 aromatic rings. The molecular formula is C10H12FNO. The predicted octanol–water partition coefficient (Wildman–Crippen LogP) is 1.35. The minimum atomic E-state index is -0.548. The number of aryl methyl sites for hydroxylation is 1. The van der Waals surface area contributed by atoms with Crippen molar-refractivity contribution in [2.24, 2.45) is 5.73 Å². The van der Waals surface area contributed by atoms with E-state index in [-0.39, 0.29) is 11.8 Å². The number of benzene rings is 1. The molecule has 1 atom stereocenters. The molecule has 0 unspecified atom stereocenters. The van der Waals surface area contributed by atoms with Crippen LogP contribution in [0, 0.1) is 5.82 Å². The number of fused-ring (bicyclic) bond motifs is 1. The van der Waals surface area contributed by atoms with E-state index in [0.717, 1.165) is 24.0 Å². The molecule has 0 aromatic heterocycles. The highest BCUT2D eigenvalue weighted by Gasteiger charge is 2.17. The molecule has 0 heterocycles. The summed E-state index contributed by atoms with van der Waals surface area (Å²) in [6.07, 6.45) is 2.47. The van der Waals surface area contributed by atoms with Crippen LogP contribution in [0.15, 0.2) is 12.1 Å². The maximum Gasteiger partial charge on any atom is 0.165 e. The normalized spacial score (nSPS) is 21.2. The fourth-order valence-corrected chi connectivity index (χ4v) is 1.79. The number of phenols is 1. The minimum Gasteiger partial charge on any atom is -0.505 e. The standard InChI is InChI=1S/C10H12FNO/c11-9-4-7-3-8(12)2-1-6(7)5-10(9)13/h4-5,8,13H,1-3,12H2/t8-/m1/s1. The Bertz CT molecular complexity index is 338. The highest BCUT2D eigenvalue weighted by atomic mass is 19.1. The van der Waals surface area contributed by atoms with Crippen molar-refractivity contribution in [3.63, 3.8) is 0 Å². The van der Waals surface area contributed by atoms with Gasteiger partial charge in [-0.1, -0.05) is 0 Å². The fourth-order valence-electron chi connectivity index (χ4n) is 1.79. The van der Waals surface area contributed by atoms with E-state index < -0.39 is 5.82 Å². The van der Waals surface area contributed by atoms with Gasteiger partial charge in [0, 0.05) is 6.04 Å². The van der Waals surface area contributed by atoms with Crippen LogP contribution in [-0.2, 0) is 12.8 Å². The van der Waals surface area contributed by atoms with Crippen molar-refractivity contribution in [2.45, 2.75) is 25.3 Å². The Labute approximate surface area is 76.2 Å². The Kier molecular flexibility index (Phi) is 1.96. The highest BCUT2D eigenvalue weighted by Crippen LogP contribution is 2.26. The first-order valence-corrected chi connectivity index (χ1v) is 4.42. The van der Waals surface area contributed by atoms with Gasteiger partial charge in [-0.15, -0.1) is 0 Å². The zero-order valence-corrected chi connectivity index (χ0v) is 7.26. The number of hydrogen-bond acceptors (Lipinski definition) is 2. The summed E-state index contributed by atoms with van der Waals surface area (Å²) in [7, 11) is 0. The Balaban J connectivity index is 2.43. The van der Waals surface area contributed by atoms with E-state index in [2.05, 4.69) is 0 Å². The summed E-state index contributed by atoms with van der Waals surface area (Å²) in [4.78, 5) is 0. The molecular weight excluding hydrogens is 169 g/mol. The summed E-state index contributed by atoms with van der Waals surface area (Å²) in [5, 5.41) is 9.13. The van der Waals surface area contributed by atoms with Crippen LogP contribution < -0.4 is 5.73 Å². The minimum absolute atomic E-state index is 0.136. The third-order valence-corrected chi connectivity index (χ3v) is 2.54. The van der Waals surface area contributed by atoms with E-state index in [4.69, 9.17) is 10.8 Å². The summed E-state index contributed by atoms with van der Waals surface area (Å²) in [5.74, 6) is -0.804. The summed E-state index contributed by atoms with van der Waals surface area (Å²) in [6, 6.07) is 3.04. The van der Waals surface area contributed by atoms with Crippen LogP contribution in [0.25, 0.3) is 0 Å². The maximum atomic E-state index is 12.9. The van der Waals surface area contributed by atoms with Crippen LogP contribution in [-0.4, -0.2) is 11.1 Å². The van der Waals surface area contributed by atoms with E-state index in [0.29, 0.717) is 6.42 Å². The molecule has 0 fully saturated rings. The average Bonchev–Trinajstić information content (AvgIpc) is 2.08. The van der Waals surface area contributed by atoms with E-state index >= 15 is 0 Å². The third kappa shape index (κ3) is 1.52. The number of hydrogen-bond donors (Lipinski definition) is 2. The Morgan fingerprint density at radius 1 is 1.38 bits per heavy atom. The first kappa shape index (κ1) is 8.51. The quantitative estimate of drug-likeness (QED) is 0.634. The lowest BCUT2D eigenvalue weighted by molar-refractivity contribution is 0.428. The molecule has 0 aliphatic heterocycles. The molecule has 3 N–H and O–H groups in total. The molecule has 0 spiro atoms. The smallest absolute Gasteiger partial charge is 0.165 e. The van der Waals surface area contributed by atoms with Gasteiger partial charge in [0.05, 0.1) is 0 Å². The molecule has 1 aliphatic rings. The molecule has 1 aromatic carbocycles. The van der Waals surface area contributed by atoms with Gasteiger partial charge in [-0.2, -0.15) is 0 Å². The number of rotatable bonds is 0. The van der Waals surface area contributed by atoms with Crippen molar-refractivity contribution < 1.29 is 9.50 Å². The zero-order chi connectivity index (χ0) is 9.42. The van der Waals surface area contributed by atoms with Crippen LogP contribution >= 0.6 is 0 Å². The van der Waals surface area contributed by atoms with Crippen molar-refractivity contribution in [3.8, 4) is 5.75 Å². The largest absolute Gasteiger partial charge is 0.505 e. The van der Waals surface area contributed by atoms with Gasteiger partial charge in [-0.05, 0) is 42.5 Å². The Hall–Kier alpha value is -1.09. The van der Waals surface area contributed by atoms with Crippen molar-refractivity contribution in [2.75, 3.05) is 0 Å². The zero-order valence-electron chi connectivity index (χ0n) is 7.26. The summed E-state index contributed by atoms with van der Waals surface area (Å²) >= 11 is 0. The molecule has 0 bridgehead atoms. The van der Waals surface area contributed by atoms with E-state index in [1.165, 1.54) is 12.1 Å². The van der Waals surface area contributed by atoms with Gasteiger partial charge in [-0.3, -0.25) is 0 Å². The molecule has 0 saturated carbocycles. The summed E-state index contributed by atoms with van der Waals surface area (Å²) in [6.45, 7) is 0. The Morgan fingerprint density at radius 2 is 2.15 bits per heavy atom. The molecule has 2 nitrogen and oxygen atoms in total. The number of aromatic hydroxyl groups is 1. The average molecular weight is 181 g/mol. The third-order valence-electron chi connectivity index (χ3n) is 2.54. The van der Waals surface area contributed by atoms with Crippen molar-refractivity contribution >= 4 is 0 Å². The lowest BCUT2D eigenvalue weighted by atomic mass is 9.88. The van der Waals surface area contributed by atoms with Crippen LogP contribution in [0.3, 0.4) is 0 Å². The molecule has 0 saturated heterocycles. The first-order valence-electron chi connectivity index (χ1n) is 4.42. The van der Waals surface area contributed by atoms with Crippen LogP contribution in [0.2, 0.25) is 0 Å². The molecule has 0 amide bonds. The van der Waals surface area contributed by atoms with Crippen molar-refractivity contribution in [1.82, 2.24) is 0 Å². The van der Waals surface area contributed by atoms with Crippen LogP contribution in [0.1, 0.15) is 17.5 Å². The molecule has 3 heteroatoms. The monoisotopic (exact) mass is 181 g/mol. The first-order chi connectivity index (χ1) is 6.16. The molecule has 13 heavy (non-hydrogen) atoms. The molecule has 1 aliphatic carbocycles. The number of halogens is 1. The SMILES string of the molecule is N[C@@H]1CCc2cc(O)c(F)cc2C1. The molecule has 2 rings (SSSR count). The lowest BCUT2D eigenvalue weighted by Crippen LogP contribution is -2.27. The van der Waals surface area contributed by atoms with Gasteiger partial charge in [0.2, 0.25) is 0 Å². The van der Waals surface area contributed by atoms with E-state index in [9.17, 15) is 4.39 Å².